The molecule has 0 bridgehead atoms. The van der Waals surface area contributed by atoms with Crippen LogP contribution in [0, 0.1) is 57.7 Å². The Balaban J connectivity index is 1.20. The summed E-state index contributed by atoms with van der Waals surface area (Å²) < 4.78 is 13.4. The highest BCUT2D eigenvalue weighted by Gasteiger charge is 2.89. The van der Waals surface area contributed by atoms with Gasteiger partial charge in [-0.2, -0.15) is 0 Å². The molecule has 2 saturated heterocycles. The lowest BCUT2D eigenvalue weighted by Crippen LogP contribution is -2.54. The SMILES string of the molecule is C[C@@H]1CO[C@]23O[C@H]4C[C@H]5[C@@H]6CC[C@@H]7C[C@H](O)CC[C@]7(C)[C@H]6CC[C@]5(C)[C@H]4[C@]2(C)C3C1. The molecule has 7 aliphatic rings. The van der Waals surface area contributed by atoms with Crippen LogP contribution < -0.4 is 0 Å². The van der Waals surface area contributed by atoms with Gasteiger partial charge in [-0.25, -0.2) is 0 Å². The molecule has 7 fully saturated rings. The van der Waals surface area contributed by atoms with E-state index in [1.54, 1.807) is 0 Å². The van der Waals surface area contributed by atoms with Gasteiger partial charge in [0, 0.05) is 17.3 Å². The Labute approximate surface area is 182 Å². The molecule has 1 spiro atoms. The summed E-state index contributed by atoms with van der Waals surface area (Å²) in [5.41, 5.74) is 1.17. The van der Waals surface area contributed by atoms with E-state index in [4.69, 9.17) is 9.47 Å². The molecular weight excluding hydrogens is 372 g/mol. The van der Waals surface area contributed by atoms with Crippen molar-refractivity contribution in [3.05, 3.63) is 0 Å². The van der Waals surface area contributed by atoms with E-state index in [9.17, 15) is 5.11 Å². The fourth-order valence-corrected chi connectivity index (χ4v) is 11.4. The zero-order valence-corrected chi connectivity index (χ0v) is 19.5. The number of ether oxygens (including phenoxy) is 2. The van der Waals surface area contributed by atoms with Crippen LogP contribution in [0.1, 0.15) is 85.5 Å². The molecule has 13 atom stereocenters. The molecule has 0 aromatic rings. The summed E-state index contributed by atoms with van der Waals surface area (Å²) in [4.78, 5) is 0. The third-order valence-electron chi connectivity index (χ3n) is 12.7. The molecule has 7 rings (SSSR count). The molecule has 0 aromatic carbocycles. The van der Waals surface area contributed by atoms with Gasteiger partial charge in [0.1, 0.15) is 0 Å². The van der Waals surface area contributed by atoms with Crippen molar-refractivity contribution in [2.24, 2.45) is 57.7 Å². The fourth-order valence-electron chi connectivity index (χ4n) is 11.4. The van der Waals surface area contributed by atoms with E-state index in [0.29, 0.717) is 34.7 Å². The van der Waals surface area contributed by atoms with E-state index in [1.807, 2.05) is 0 Å². The highest BCUT2D eigenvalue weighted by molar-refractivity contribution is 5.31. The van der Waals surface area contributed by atoms with Crippen molar-refractivity contribution in [3.63, 3.8) is 0 Å². The van der Waals surface area contributed by atoms with E-state index >= 15 is 0 Å². The van der Waals surface area contributed by atoms with Gasteiger partial charge in [0.05, 0.1) is 18.8 Å². The molecule has 3 nitrogen and oxygen atoms in total. The summed E-state index contributed by atoms with van der Waals surface area (Å²) in [6.45, 7) is 11.1. The number of hydrogen-bond acceptors (Lipinski definition) is 3. The van der Waals surface area contributed by atoms with Crippen molar-refractivity contribution in [1.29, 1.82) is 0 Å². The maximum absolute atomic E-state index is 10.3. The lowest BCUT2D eigenvalue weighted by Gasteiger charge is -2.61. The Morgan fingerprint density at radius 2 is 1.67 bits per heavy atom. The van der Waals surface area contributed by atoms with Gasteiger partial charge in [0.2, 0.25) is 0 Å². The van der Waals surface area contributed by atoms with E-state index < -0.39 is 0 Å². The van der Waals surface area contributed by atoms with Gasteiger partial charge < -0.3 is 14.6 Å². The minimum Gasteiger partial charge on any atom is -0.393 e. The quantitative estimate of drug-likeness (QED) is 0.576. The van der Waals surface area contributed by atoms with Crippen molar-refractivity contribution in [3.8, 4) is 0 Å². The third-order valence-corrected chi connectivity index (χ3v) is 12.7. The molecule has 0 aromatic heterocycles. The minimum absolute atomic E-state index is 0.0375. The number of aliphatic hydroxyl groups is 1. The van der Waals surface area contributed by atoms with Crippen LogP contribution in [0.15, 0.2) is 0 Å². The first-order valence-electron chi connectivity index (χ1n) is 13.2. The molecule has 168 valence electrons. The number of aliphatic hydroxyl groups excluding tert-OH is 1. The largest absolute Gasteiger partial charge is 0.393 e. The predicted molar refractivity (Wildman–Crippen MR) is 116 cm³/mol. The van der Waals surface area contributed by atoms with Crippen LogP contribution in [0.2, 0.25) is 0 Å². The fraction of sp³-hybridized carbons (Fsp3) is 1.00. The van der Waals surface area contributed by atoms with Gasteiger partial charge in [-0.3, -0.25) is 0 Å². The molecule has 1 N–H and O–H groups in total. The van der Waals surface area contributed by atoms with E-state index in [1.165, 1.54) is 44.9 Å². The number of fused-ring (bicyclic) bond motifs is 9. The van der Waals surface area contributed by atoms with Gasteiger partial charge in [0.25, 0.3) is 0 Å². The Morgan fingerprint density at radius 3 is 2.50 bits per heavy atom. The first-order chi connectivity index (χ1) is 14.2. The average Bonchev–Trinajstić information content (AvgIpc) is 2.94. The highest BCUT2D eigenvalue weighted by Crippen LogP contribution is 2.84. The van der Waals surface area contributed by atoms with Crippen molar-refractivity contribution >= 4 is 0 Å². The van der Waals surface area contributed by atoms with E-state index in [0.717, 1.165) is 43.1 Å². The molecule has 2 heterocycles. The maximum atomic E-state index is 10.3. The van der Waals surface area contributed by atoms with Crippen LogP contribution in [0.5, 0.6) is 0 Å². The predicted octanol–water partition coefficient (Wildman–Crippen LogP) is 5.40. The van der Waals surface area contributed by atoms with Gasteiger partial charge in [-0.1, -0.05) is 27.7 Å². The Kier molecular flexibility index (Phi) is 3.66. The number of hydrogen-bond donors (Lipinski definition) is 1. The van der Waals surface area contributed by atoms with Crippen molar-refractivity contribution in [1.82, 2.24) is 0 Å². The van der Waals surface area contributed by atoms with Crippen LogP contribution in [0.3, 0.4) is 0 Å². The smallest absolute Gasteiger partial charge is 0.178 e. The van der Waals surface area contributed by atoms with E-state index in [-0.39, 0.29) is 17.3 Å². The Morgan fingerprint density at radius 1 is 0.867 bits per heavy atom. The molecule has 3 heteroatoms. The van der Waals surface area contributed by atoms with Gasteiger partial charge in [-0.15, -0.1) is 0 Å². The second-order valence-corrected chi connectivity index (χ2v) is 13.7. The Hall–Kier alpha value is -0.120. The normalized spacial score (nSPS) is 68.1. The van der Waals surface area contributed by atoms with Crippen molar-refractivity contribution < 1.29 is 14.6 Å². The summed E-state index contributed by atoms with van der Waals surface area (Å²) >= 11 is 0. The summed E-state index contributed by atoms with van der Waals surface area (Å²) in [5.74, 6) is 5.15. The molecule has 5 saturated carbocycles. The van der Waals surface area contributed by atoms with Crippen LogP contribution >= 0.6 is 0 Å². The monoisotopic (exact) mass is 414 g/mol. The Bertz CT molecular complexity index is 767. The first-order valence-corrected chi connectivity index (χ1v) is 13.2. The third kappa shape index (κ3) is 1.98. The second-order valence-electron chi connectivity index (χ2n) is 13.7. The molecule has 30 heavy (non-hydrogen) atoms. The second kappa shape index (κ2) is 5.68. The standard InChI is InChI=1S/C27H42O3/c1-15-11-22-26(4)23-21(30-27(22,26)29-14-15)13-20-18-6-5-16-12-17(28)7-9-24(16,2)19(18)8-10-25(20,23)3/h15-23,28H,5-14H2,1-4H3/t15-,16+,17+,18+,19-,20-,21-,22?,23-,24-,25-,26-,27+/m0/s1. The molecule has 2 aliphatic heterocycles. The van der Waals surface area contributed by atoms with Gasteiger partial charge >= 0.3 is 0 Å². The molecule has 1 unspecified atom stereocenters. The summed E-state index contributed by atoms with van der Waals surface area (Å²) in [7, 11) is 0. The van der Waals surface area contributed by atoms with Crippen LogP contribution in [-0.4, -0.2) is 29.7 Å². The minimum atomic E-state index is -0.219. The highest BCUT2D eigenvalue weighted by atomic mass is 16.7. The zero-order chi connectivity index (χ0) is 20.7. The topological polar surface area (TPSA) is 38.7 Å². The molecule has 0 radical (unpaired) electrons. The summed E-state index contributed by atoms with van der Waals surface area (Å²) in [5, 5.41) is 10.3. The molecule has 0 amide bonds. The summed E-state index contributed by atoms with van der Waals surface area (Å²) in [6, 6.07) is 0. The molecular formula is C27H42O3. The van der Waals surface area contributed by atoms with Gasteiger partial charge in [0.15, 0.2) is 5.79 Å². The van der Waals surface area contributed by atoms with Crippen LogP contribution in [-0.2, 0) is 9.47 Å². The van der Waals surface area contributed by atoms with Crippen LogP contribution in [0.4, 0.5) is 0 Å². The van der Waals surface area contributed by atoms with E-state index in [2.05, 4.69) is 27.7 Å². The lowest BCUT2D eigenvalue weighted by atomic mass is 9.44. The summed E-state index contributed by atoms with van der Waals surface area (Å²) in [6.07, 6.45) is 11.9. The van der Waals surface area contributed by atoms with Crippen molar-refractivity contribution in [2.75, 3.05) is 6.61 Å². The zero-order valence-electron chi connectivity index (χ0n) is 19.5. The number of rotatable bonds is 0. The average molecular weight is 415 g/mol. The maximum Gasteiger partial charge on any atom is 0.178 e. The molecule has 5 aliphatic carbocycles. The van der Waals surface area contributed by atoms with Crippen LogP contribution in [0.25, 0.3) is 0 Å². The van der Waals surface area contributed by atoms with Gasteiger partial charge in [-0.05, 0) is 98.2 Å². The lowest BCUT2D eigenvalue weighted by molar-refractivity contribution is -0.212. The van der Waals surface area contributed by atoms with Crippen molar-refractivity contribution in [2.45, 2.75) is 103 Å². The first kappa shape index (κ1) is 19.4.